The molecule has 1 rings (SSSR count). The van der Waals surface area contributed by atoms with Crippen LogP contribution in [0.2, 0.25) is 0 Å². The third kappa shape index (κ3) is 2.10. The van der Waals surface area contributed by atoms with E-state index in [1.54, 1.807) is 0 Å². The molecule has 0 aliphatic rings. The van der Waals surface area contributed by atoms with E-state index in [1.165, 1.54) is 13.3 Å². The van der Waals surface area contributed by atoms with Crippen molar-refractivity contribution in [3.8, 4) is 0 Å². The Morgan fingerprint density at radius 1 is 1.87 bits per heavy atom. The average Bonchev–Trinajstić information content (AvgIpc) is 2.67. The van der Waals surface area contributed by atoms with E-state index < -0.39 is 16.8 Å². The molecule has 1 atom stereocenters. The zero-order valence-electron chi connectivity index (χ0n) is 7.97. The van der Waals surface area contributed by atoms with E-state index in [2.05, 4.69) is 14.9 Å². The highest BCUT2D eigenvalue weighted by molar-refractivity contribution is 5.79. The summed E-state index contributed by atoms with van der Waals surface area (Å²) in [5, 5.41) is 16.2. The number of methoxy groups -OCH3 is 1. The van der Waals surface area contributed by atoms with Crippen molar-refractivity contribution in [1.82, 2.24) is 10.2 Å². The van der Waals surface area contributed by atoms with Crippen molar-refractivity contribution in [3.05, 3.63) is 21.9 Å². The molecule has 8 heteroatoms. The van der Waals surface area contributed by atoms with Crippen LogP contribution in [0.15, 0.2) is 6.20 Å². The summed E-state index contributed by atoms with van der Waals surface area (Å²) in [4.78, 5) is 21.1. The van der Waals surface area contributed by atoms with E-state index in [-0.39, 0.29) is 17.9 Å². The number of aromatic amines is 1. The summed E-state index contributed by atoms with van der Waals surface area (Å²) in [5.41, 5.74) is 5.48. The van der Waals surface area contributed by atoms with Gasteiger partial charge in [0.2, 0.25) is 0 Å². The summed E-state index contributed by atoms with van der Waals surface area (Å²) < 4.78 is 4.48. The maximum absolute atomic E-state index is 11.2. The molecule has 15 heavy (non-hydrogen) atoms. The molecule has 0 aromatic carbocycles. The van der Waals surface area contributed by atoms with Gasteiger partial charge in [-0.3, -0.25) is 4.79 Å². The summed E-state index contributed by atoms with van der Waals surface area (Å²) in [6.45, 7) is -0.0763. The van der Waals surface area contributed by atoms with Gasteiger partial charge in [-0.1, -0.05) is 5.10 Å². The third-order valence-corrected chi connectivity index (χ3v) is 1.93. The van der Waals surface area contributed by atoms with E-state index >= 15 is 0 Å². The van der Waals surface area contributed by atoms with Gasteiger partial charge in [-0.25, -0.2) is 0 Å². The van der Waals surface area contributed by atoms with Gasteiger partial charge in [-0.15, -0.1) is 5.10 Å². The van der Waals surface area contributed by atoms with Crippen LogP contribution >= 0.6 is 0 Å². The molecule has 0 fully saturated rings. The van der Waals surface area contributed by atoms with Crippen molar-refractivity contribution < 1.29 is 14.5 Å². The number of carbonyl (C=O) groups excluding carboxylic acids is 1. The Bertz CT molecular complexity index is 375. The molecular weight excluding hydrogens is 204 g/mol. The van der Waals surface area contributed by atoms with Gasteiger partial charge < -0.3 is 20.6 Å². The molecule has 1 heterocycles. The zero-order valence-corrected chi connectivity index (χ0v) is 7.97. The van der Waals surface area contributed by atoms with Crippen molar-refractivity contribution in [3.63, 3.8) is 0 Å². The number of nitro groups is 1. The van der Waals surface area contributed by atoms with E-state index in [0.29, 0.717) is 0 Å². The van der Waals surface area contributed by atoms with Gasteiger partial charge in [-0.05, 0) is 4.92 Å². The van der Waals surface area contributed by atoms with Gasteiger partial charge in [0, 0.05) is 6.54 Å². The molecule has 3 N–H and O–H groups in total. The number of H-pyrrole nitrogens is 1. The van der Waals surface area contributed by atoms with Crippen LogP contribution in [0.5, 0.6) is 0 Å². The Hall–Kier alpha value is -1.96. The molecule has 0 bridgehead atoms. The van der Waals surface area contributed by atoms with Crippen molar-refractivity contribution in [1.29, 1.82) is 0 Å². The van der Waals surface area contributed by atoms with E-state index in [1.807, 2.05) is 0 Å². The molecule has 0 saturated carbocycles. The Morgan fingerprint density at radius 3 is 3.00 bits per heavy atom. The van der Waals surface area contributed by atoms with Gasteiger partial charge >= 0.3 is 11.8 Å². The molecule has 0 aliphatic carbocycles. The van der Waals surface area contributed by atoms with Crippen LogP contribution in [0.4, 0.5) is 5.82 Å². The minimum atomic E-state index is -0.867. The van der Waals surface area contributed by atoms with Gasteiger partial charge in [-0.2, -0.15) is 0 Å². The smallest absolute Gasteiger partial charge is 0.346 e. The summed E-state index contributed by atoms with van der Waals surface area (Å²) in [7, 11) is 1.19. The quantitative estimate of drug-likeness (QED) is 0.396. The SMILES string of the molecule is COC(=O)C(CN)c1cn[nH]c1[N+](=O)[O-]. The molecule has 0 radical (unpaired) electrons. The largest absolute Gasteiger partial charge is 0.469 e. The van der Waals surface area contributed by atoms with Crippen molar-refractivity contribution in [2.45, 2.75) is 5.92 Å². The van der Waals surface area contributed by atoms with Crippen molar-refractivity contribution >= 4 is 11.8 Å². The van der Waals surface area contributed by atoms with Crippen LogP contribution in [-0.2, 0) is 9.53 Å². The average molecular weight is 214 g/mol. The number of nitrogens with one attached hydrogen (secondary N) is 1. The van der Waals surface area contributed by atoms with E-state index in [0.717, 1.165) is 0 Å². The highest BCUT2D eigenvalue weighted by Gasteiger charge is 2.29. The number of hydrogen-bond donors (Lipinski definition) is 2. The number of esters is 1. The molecule has 0 saturated heterocycles. The number of carbonyl (C=O) groups is 1. The predicted octanol–water partition coefficient (Wildman–Crippen LogP) is -0.467. The number of aromatic nitrogens is 2. The molecule has 0 amide bonds. The summed E-state index contributed by atoms with van der Waals surface area (Å²) >= 11 is 0. The van der Waals surface area contributed by atoms with Crippen LogP contribution < -0.4 is 5.73 Å². The van der Waals surface area contributed by atoms with Crippen LogP contribution in [0.3, 0.4) is 0 Å². The molecule has 0 aliphatic heterocycles. The summed E-state index contributed by atoms with van der Waals surface area (Å²) in [6, 6.07) is 0. The molecule has 1 aromatic rings. The standard InChI is InChI=1S/C7H10N4O4/c1-15-7(12)4(2-8)5-3-9-10-6(5)11(13)14/h3-4H,2,8H2,1H3,(H,9,10). The highest BCUT2D eigenvalue weighted by Crippen LogP contribution is 2.24. The van der Waals surface area contributed by atoms with Crippen LogP contribution in [0, 0.1) is 10.1 Å². The van der Waals surface area contributed by atoms with E-state index in [4.69, 9.17) is 5.73 Å². The maximum Gasteiger partial charge on any atom is 0.346 e. The zero-order chi connectivity index (χ0) is 11.4. The minimum Gasteiger partial charge on any atom is -0.469 e. The van der Waals surface area contributed by atoms with Crippen LogP contribution in [-0.4, -0.2) is 34.7 Å². The van der Waals surface area contributed by atoms with Gasteiger partial charge in [0.05, 0.1) is 18.9 Å². The number of hydrogen-bond acceptors (Lipinski definition) is 6. The first kappa shape index (κ1) is 11.1. The monoisotopic (exact) mass is 214 g/mol. The normalized spacial score (nSPS) is 12.1. The Balaban J connectivity index is 3.07. The third-order valence-electron chi connectivity index (χ3n) is 1.93. The highest BCUT2D eigenvalue weighted by atomic mass is 16.6. The fourth-order valence-corrected chi connectivity index (χ4v) is 1.18. The fraction of sp³-hybridized carbons (Fsp3) is 0.429. The second-order valence-corrected chi connectivity index (χ2v) is 2.74. The first-order chi connectivity index (χ1) is 7.11. The molecule has 1 unspecified atom stereocenters. The van der Waals surface area contributed by atoms with Crippen molar-refractivity contribution in [2.75, 3.05) is 13.7 Å². The second kappa shape index (κ2) is 4.51. The van der Waals surface area contributed by atoms with Crippen LogP contribution in [0.25, 0.3) is 0 Å². The lowest BCUT2D eigenvalue weighted by Crippen LogP contribution is -2.23. The molecule has 82 valence electrons. The summed E-state index contributed by atoms with van der Waals surface area (Å²) in [6.07, 6.45) is 1.20. The Labute approximate surface area is 84.6 Å². The van der Waals surface area contributed by atoms with E-state index in [9.17, 15) is 14.9 Å². The lowest BCUT2D eigenvalue weighted by Gasteiger charge is -2.09. The summed E-state index contributed by atoms with van der Waals surface area (Å²) in [5.74, 6) is -1.83. The lowest BCUT2D eigenvalue weighted by molar-refractivity contribution is -0.390. The second-order valence-electron chi connectivity index (χ2n) is 2.74. The van der Waals surface area contributed by atoms with Crippen molar-refractivity contribution in [2.24, 2.45) is 5.73 Å². The lowest BCUT2D eigenvalue weighted by atomic mass is 10.0. The molecule has 0 spiro atoms. The number of nitrogens with two attached hydrogens (primary N) is 1. The molecule has 1 aromatic heterocycles. The first-order valence-electron chi connectivity index (χ1n) is 4.07. The number of nitrogens with zero attached hydrogens (tertiary/aromatic N) is 2. The predicted molar refractivity (Wildman–Crippen MR) is 49.1 cm³/mol. The Morgan fingerprint density at radius 2 is 2.53 bits per heavy atom. The Kier molecular flexibility index (Phi) is 3.34. The van der Waals surface area contributed by atoms with Gasteiger partial charge in [0.1, 0.15) is 5.92 Å². The number of rotatable bonds is 4. The van der Waals surface area contributed by atoms with Gasteiger partial charge in [0.25, 0.3) is 0 Å². The molecular formula is C7H10N4O4. The topological polar surface area (TPSA) is 124 Å². The number of ether oxygens (including phenoxy) is 1. The molecule has 8 nitrogen and oxygen atoms in total. The first-order valence-corrected chi connectivity index (χ1v) is 4.07. The fourth-order valence-electron chi connectivity index (χ4n) is 1.18. The maximum atomic E-state index is 11.2. The van der Waals surface area contributed by atoms with Gasteiger partial charge in [0.15, 0.2) is 0 Å². The minimum absolute atomic E-state index is 0.0763. The van der Waals surface area contributed by atoms with Crippen LogP contribution in [0.1, 0.15) is 11.5 Å².